The Morgan fingerprint density at radius 3 is 2.71 bits per heavy atom. The summed E-state index contributed by atoms with van der Waals surface area (Å²) in [6.45, 7) is 6.28. The average Bonchev–Trinajstić information content (AvgIpc) is 2.21. The third-order valence-corrected chi connectivity index (χ3v) is 2.64. The van der Waals surface area contributed by atoms with Gasteiger partial charge in [0.1, 0.15) is 5.75 Å². The first-order valence-corrected chi connectivity index (χ1v) is 6.26. The zero-order chi connectivity index (χ0) is 12.8. The topological polar surface area (TPSA) is 38.5 Å². The van der Waals surface area contributed by atoms with Crippen LogP contribution in [0, 0.1) is 0 Å². The summed E-state index contributed by atoms with van der Waals surface area (Å²) in [6, 6.07) is 6.08. The van der Waals surface area contributed by atoms with Crippen molar-refractivity contribution in [2.75, 3.05) is 20.2 Å². The highest BCUT2D eigenvalue weighted by atomic mass is 35.5. The maximum Gasteiger partial charge on any atom is 0.137 e. The number of nitrogens with two attached hydrogens (primary N) is 1. The van der Waals surface area contributed by atoms with E-state index in [1.54, 1.807) is 0 Å². The second-order valence-electron chi connectivity index (χ2n) is 4.37. The Balaban J connectivity index is 2.63. The van der Waals surface area contributed by atoms with Crippen LogP contribution in [0.25, 0.3) is 0 Å². The van der Waals surface area contributed by atoms with Gasteiger partial charge in [-0.3, -0.25) is 0 Å². The lowest BCUT2D eigenvalue weighted by Gasteiger charge is -2.19. The van der Waals surface area contributed by atoms with E-state index in [0.29, 0.717) is 11.6 Å². The molecule has 1 rings (SSSR count). The summed E-state index contributed by atoms with van der Waals surface area (Å²) >= 11 is 6.13. The summed E-state index contributed by atoms with van der Waals surface area (Å²) < 4.78 is 5.40. The van der Waals surface area contributed by atoms with Crippen molar-refractivity contribution in [3.05, 3.63) is 28.8 Å². The van der Waals surface area contributed by atoms with Crippen LogP contribution in [-0.4, -0.2) is 31.1 Å². The normalized spacial score (nSPS) is 12.8. The molecule has 1 aromatic rings. The number of hydrogen-bond donors (Lipinski definition) is 1. The molecule has 0 fully saturated rings. The molecule has 0 spiro atoms. The van der Waals surface area contributed by atoms with Crippen LogP contribution >= 0.6 is 11.6 Å². The minimum Gasteiger partial charge on any atom is -0.492 e. The van der Waals surface area contributed by atoms with Crippen molar-refractivity contribution in [1.29, 1.82) is 0 Å². The monoisotopic (exact) mass is 256 g/mol. The maximum absolute atomic E-state index is 6.13. The molecule has 0 aromatic heterocycles. The smallest absolute Gasteiger partial charge is 0.137 e. The lowest BCUT2D eigenvalue weighted by atomic mass is 10.2. The molecule has 17 heavy (non-hydrogen) atoms. The van der Waals surface area contributed by atoms with E-state index < -0.39 is 0 Å². The summed E-state index contributed by atoms with van der Waals surface area (Å²) in [6.07, 6.45) is 0. The van der Waals surface area contributed by atoms with E-state index >= 15 is 0 Å². The third kappa shape index (κ3) is 4.94. The largest absolute Gasteiger partial charge is 0.492 e. The van der Waals surface area contributed by atoms with Crippen LogP contribution in [0.2, 0.25) is 5.02 Å². The van der Waals surface area contributed by atoms with E-state index in [1.165, 1.54) is 5.56 Å². The summed E-state index contributed by atoms with van der Waals surface area (Å²) in [4.78, 5) is 2.18. The molecule has 0 aliphatic heterocycles. The molecule has 0 aliphatic rings. The fourth-order valence-corrected chi connectivity index (χ4v) is 2.04. The molecule has 0 heterocycles. The highest BCUT2D eigenvalue weighted by Crippen LogP contribution is 2.25. The van der Waals surface area contributed by atoms with Crippen LogP contribution in [0.1, 0.15) is 19.4 Å². The zero-order valence-electron chi connectivity index (χ0n) is 10.7. The zero-order valence-corrected chi connectivity index (χ0v) is 11.5. The number of likely N-dealkylation sites (N-methyl/N-ethyl adjacent to an activating group) is 1. The first-order valence-electron chi connectivity index (χ1n) is 5.88. The Labute approximate surface area is 109 Å². The van der Waals surface area contributed by atoms with Gasteiger partial charge in [-0.25, -0.2) is 0 Å². The first-order chi connectivity index (χ1) is 8.02. The van der Waals surface area contributed by atoms with Crippen molar-refractivity contribution in [1.82, 2.24) is 4.90 Å². The highest BCUT2D eigenvalue weighted by Gasteiger charge is 2.06. The number of ether oxygens (including phenoxy) is 1. The van der Waals surface area contributed by atoms with Gasteiger partial charge in [-0.2, -0.15) is 0 Å². The van der Waals surface area contributed by atoms with Crippen LogP contribution in [0.15, 0.2) is 18.2 Å². The van der Waals surface area contributed by atoms with E-state index in [0.717, 1.165) is 18.8 Å². The molecule has 0 amide bonds. The van der Waals surface area contributed by atoms with Gasteiger partial charge in [-0.05, 0) is 38.6 Å². The fourth-order valence-electron chi connectivity index (χ4n) is 1.78. The van der Waals surface area contributed by atoms with E-state index in [4.69, 9.17) is 22.1 Å². The number of nitrogens with zero attached hydrogens (tertiary/aromatic N) is 1. The number of rotatable bonds is 6. The predicted octanol–water partition coefficient (Wildman–Crippen LogP) is 2.52. The van der Waals surface area contributed by atoms with Gasteiger partial charge in [0.05, 0.1) is 11.6 Å². The van der Waals surface area contributed by atoms with E-state index in [-0.39, 0.29) is 6.04 Å². The second-order valence-corrected chi connectivity index (χ2v) is 4.78. The van der Waals surface area contributed by atoms with Gasteiger partial charge in [0.15, 0.2) is 0 Å². The summed E-state index contributed by atoms with van der Waals surface area (Å²) in [5.41, 5.74) is 6.92. The van der Waals surface area contributed by atoms with Crippen molar-refractivity contribution in [2.24, 2.45) is 5.73 Å². The van der Waals surface area contributed by atoms with Crippen molar-refractivity contribution in [3.63, 3.8) is 0 Å². The fraction of sp³-hybridized carbons (Fsp3) is 0.538. The molecular formula is C13H21ClN2O. The SMILES string of the molecule is CCOc1ccc(CN(C)CC(C)N)cc1Cl. The van der Waals surface area contributed by atoms with Crippen LogP contribution in [-0.2, 0) is 6.54 Å². The van der Waals surface area contributed by atoms with E-state index in [1.807, 2.05) is 39.1 Å². The molecular weight excluding hydrogens is 236 g/mol. The Morgan fingerprint density at radius 1 is 1.47 bits per heavy atom. The Morgan fingerprint density at radius 2 is 2.18 bits per heavy atom. The molecule has 1 unspecified atom stereocenters. The molecule has 1 aromatic carbocycles. The van der Waals surface area contributed by atoms with Crippen LogP contribution in [0.5, 0.6) is 5.75 Å². The molecule has 96 valence electrons. The molecule has 0 saturated heterocycles. The van der Waals surface area contributed by atoms with E-state index in [9.17, 15) is 0 Å². The highest BCUT2D eigenvalue weighted by molar-refractivity contribution is 6.32. The summed E-state index contributed by atoms with van der Waals surface area (Å²) in [5, 5.41) is 0.665. The molecule has 1 atom stereocenters. The van der Waals surface area contributed by atoms with Gasteiger partial charge in [0.25, 0.3) is 0 Å². The Bertz CT molecular complexity index is 355. The van der Waals surface area contributed by atoms with Gasteiger partial charge >= 0.3 is 0 Å². The van der Waals surface area contributed by atoms with Crippen molar-refractivity contribution < 1.29 is 4.74 Å². The Kier molecular flexibility index (Phi) is 5.75. The quantitative estimate of drug-likeness (QED) is 0.850. The molecule has 4 heteroatoms. The van der Waals surface area contributed by atoms with Crippen molar-refractivity contribution >= 4 is 11.6 Å². The summed E-state index contributed by atoms with van der Waals surface area (Å²) in [7, 11) is 2.05. The maximum atomic E-state index is 6.13. The first kappa shape index (κ1) is 14.3. The average molecular weight is 257 g/mol. The van der Waals surface area contributed by atoms with Crippen molar-refractivity contribution in [3.8, 4) is 5.75 Å². The number of halogens is 1. The predicted molar refractivity (Wildman–Crippen MR) is 72.6 cm³/mol. The van der Waals surface area contributed by atoms with E-state index in [2.05, 4.69) is 4.90 Å². The minimum absolute atomic E-state index is 0.179. The Hall–Kier alpha value is -0.770. The molecule has 0 radical (unpaired) electrons. The van der Waals surface area contributed by atoms with Crippen LogP contribution in [0.4, 0.5) is 0 Å². The number of hydrogen-bond acceptors (Lipinski definition) is 3. The molecule has 3 nitrogen and oxygen atoms in total. The lowest BCUT2D eigenvalue weighted by molar-refractivity contribution is 0.309. The van der Waals surface area contributed by atoms with Gasteiger partial charge in [0, 0.05) is 19.1 Å². The third-order valence-electron chi connectivity index (χ3n) is 2.35. The van der Waals surface area contributed by atoms with Gasteiger partial charge < -0.3 is 15.4 Å². The molecule has 2 N–H and O–H groups in total. The van der Waals surface area contributed by atoms with Gasteiger partial charge in [-0.15, -0.1) is 0 Å². The molecule has 0 bridgehead atoms. The van der Waals surface area contributed by atoms with Crippen LogP contribution < -0.4 is 10.5 Å². The second kappa shape index (κ2) is 6.84. The van der Waals surface area contributed by atoms with Crippen molar-refractivity contribution in [2.45, 2.75) is 26.4 Å². The summed E-state index contributed by atoms with van der Waals surface area (Å²) in [5.74, 6) is 0.743. The molecule has 0 saturated carbocycles. The van der Waals surface area contributed by atoms with Gasteiger partial charge in [0.2, 0.25) is 0 Å². The lowest BCUT2D eigenvalue weighted by Crippen LogP contribution is -2.32. The minimum atomic E-state index is 0.179. The van der Waals surface area contributed by atoms with Gasteiger partial charge in [-0.1, -0.05) is 17.7 Å². The van der Waals surface area contributed by atoms with Crippen LogP contribution in [0.3, 0.4) is 0 Å². The standard InChI is InChI=1S/C13H21ClN2O/c1-4-17-13-6-5-11(7-12(13)14)9-16(3)8-10(2)15/h5-7,10H,4,8-9,15H2,1-3H3. The number of benzene rings is 1. The molecule has 0 aliphatic carbocycles.